The highest BCUT2D eigenvalue weighted by molar-refractivity contribution is 7.12. The Morgan fingerprint density at radius 3 is 2.93 bits per heavy atom. The first-order chi connectivity index (χ1) is 14.1. The van der Waals surface area contributed by atoms with Crippen LogP contribution >= 0.6 is 11.3 Å². The van der Waals surface area contributed by atoms with E-state index in [0.717, 1.165) is 30.6 Å². The number of nitrogens with zero attached hydrogens (tertiary/aromatic N) is 2. The summed E-state index contributed by atoms with van der Waals surface area (Å²) in [7, 11) is 0. The summed E-state index contributed by atoms with van der Waals surface area (Å²) in [6.07, 6.45) is 5.19. The van der Waals surface area contributed by atoms with Crippen LogP contribution in [0.25, 0.3) is 0 Å². The Balaban J connectivity index is 1.42. The molecule has 2 amide bonds. The Morgan fingerprint density at radius 2 is 2.10 bits per heavy atom. The van der Waals surface area contributed by atoms with Crippen LogP contribution in [0, 0.1) is 6.92 Å². The fourth-order valence-corrected chi connectivity index (χ4v) is 4.44. The zero-order valence-corrected chi connectivity index (χ0v) is 17.2. The summed E-state index contributed by atoms with van der Waals surface area (Å²) in [6, 6.07) is 12.2. The molecule has 2 N–H and O–H groups in total. The molecule has 2 aromatic heterocycles. The maximum Gasteiger partial charge on any atom is 0.261 e. The fraction of sp³-hybridized carbons (Fsp3) is 0.318. The third-order valence-electron chi connectivity index (χ3n) is 5.25. The van der Waals surface area contributed by atoms with Crippen molar-refractivity contribution in [3.63, 3.8) is 0 Å². The van der Waals surface area contributed by atoms with Crippen LogP contribution in [-0.2, 0) is 11.2 Å². The van der Waals surface area contributed by atoms with Crippen LogP contribution in [0.4, 0.5) is 5.82 Å². The van der Waals surface area contributed by atoms with Crippen molar-refractivity contribution in [2.24, 2.45) is 0 Å². The second-order valence-corrected chi connectivity index (χ2v) is 8.21. The molecule has 0 aliphatic heterocycles. The van der Waals surface area contributed by atoms with E-state index in [9.17, 15) is 9.59 Å². The fourth-order valence-electron chi connectivity index (χ4n) is 3.80. The molecule has 1 atom stereocenters. The van der Waals surface area contributed by atoms with Crippen molar-refractivity contribution >= 4 is 29.0 Å². The predicted molar refractivity (Wildman–Crippen MR) is 114 cm³/mol. The number of fused-ring (bicyclic) bond motifs is 1. The van der Waals surface area contributed by atoms with Gasteiger partial charge < -0.3 is 10.6 Å². The standard InChI is InChI=1S/C22H24N4O2S/c1-15-14-24-26(18-9-4-7-16-6-2-3-8-17(16)18)21(15)25-20(27)11-12-23-22(28)19-10-5-13-29-19/h2-3,5-6,8,10,13-14,18H,4,7,9,11-12H2,1H3,(H,23,28)(H,25,27). The SMILES string of the molecule is Cc1cnn(C2CCCc3ccccc32)c1NC(=O)CCNC(=O)c1cccs1. The largest absolute Gasteiger partial charge is 0.351 e. The molecule has 0 spiro atoms. The van der Waals surface area contributed by atoms with Crippen molar-refractivity contribution in [3.05, 3.63) is 69.5 Å². The summed E-state index contributed by atoms with van der Waals surface area (Å²) < 4.78 is 1.94. The van der Waals surface area contributed by atoms with Crippen molar-refractivity contribution in [3.8, 4) is 0 Å². The van der Waals surface area contributed by atoms with Crippen LogP contribution in [0.1, 0.15) is 51.7 Å². The number of nitrogens with one attached hydrogen (secondary N) is 2. The van der Waals surface area contributed by atoms with Crippen molar-refractivity contribution < 1.29 is 9.59 Å². The lowest BCUT2D eigenvalue weighted by atomic mass is 9.88. The van der Waals surface area contributed by atoms with Gasteiger partial charge in [0.1, 0.15) is 5.82 Å². The molecule has 0 bridgehead atoms. The molecular weight excluding hydrogens is 384 g/mol. The van der Waals surface area contributed by atoms with Crippen molar-refractivity contribution in [1.82, 2.24) is 15.1 Å². The van der Waals surface area contributed by atoms with Gasteiger partial charge in [-0.3, -0.25) is 9.59 Å². The van der Waals surface area contributed by atoms with Gasteiger partial charge in [0.25, 0.3) is 5.91 Å². The van der Waals surface area contributed by atoms with E-state index in [1.54, 1.807) is 12.3 Å². The second-order valence-electron chi connectivity index (χ2n) is 7.26. The summed E-state index contributed by atoms with van der Waals surface area (Å²) in [5.41, 5.74) is 3.56. The third-order valence-corrected chi connectivity index (χ3v) is 6.12. The Bertz CT molecular complexity index is 1010. The predicted octanol–water partition coefficient (Wildman–Crippen LogP) is 3.94. The van der Waals surface area contributed by atoms with Crippen LogP contribution in [0.2, 0.25) is 0 Å². The number of rotatable bonds is 6. The van der Waals surface area contributed by atoms with Crippen LogP contribution in [0.15, 0.2) is 48.0 Å². The lowest BCUT2D eigenvalue weighted by Crippen LogP contribution is -2.28. The Hall–Kier alpha value is -2.93. The molecule has 1 aliphatic carbocycles. The van der Waals surface area contributed by atoms with Gasteiger partial charge in [-0.05, 0) is 48.8 Å². The molecule has 0 fully saturated rings. The van der Waals surface area contributed by atoms with Gasteiger partial charge in [-0.15, -0.1) is 11.3 Å². The van der Waals surface area contributed by atoms with E-state index in [0.29, 0.717) is 11.4 Å². The number of thiophene rings is 1. The van der Waals surface area contributed by atoms with Crippen LogP contribution in [-0.4, -0.2) is 28.1 Å². The number of amides is 2. The molecular formula is C22H24N4O2S. The first kappa shape index (κ1) is 19.4. The Labute approximate surface area is 173 Å². The van der Waals surface area contributed by atoms with E-state index < -0.39 is 0 Å². The smallest absolute Gasteiger partial charge is 0.261 e. The topological polar surface area (TPSA) is 76.0 Å². The second kappa shape index (κ2) is 8.61. The molecule has 0 saturated heterocycles. The number of carbonyl (C=O) groups excluding carboxylic acids is 2. The number of hydrogen-bond donors (Lipinski definition) is 2. The Kier molecular flexibility index (Phi) is 5.76. The van der Waals surface area contributed by atoms with Crippen molar-refractivity contribution in [2.75, 3.05) is 11.9 Å². The first-order valence-corrected chi connectivity index (χ1v) is 10.7. The summed E-state index contributed by atoms with van der Waals surface area (Å²) in [5.74, 6) is 0.458. The molecule has 4 rings (SSSR count). The van der Waals surface area contributed by atoms with E-state index in [4.69, 9.17) is 0 Å². The summed E-state index contributed by atoms with van der Waals surface area (Å²) in [4.78, 5) is 25.1. The van der Waals surface area contributed by atoms with Gasteiger partial charge in [0, 0.05) is 18.5 Å². The molecule has 1 aliphatic rings. The highest BCUT2D eigenvalue weighted by Gasteiger charge is 2.25. The van der Waals surface area contributed by atoms with Gasteiger partial charge in [0.05, 0.1) is 17.1 Å². The molecule has 0 saturated carbocycles. The van der Waals surface area contributed by atoms with Gasteiger partial charge in [0.2, 0.25) is 5.91 Å². The number of benzene rings is 1. The zero-order valence-electron chi connectivity index (χ0n) is 16.4. The minimum atomic E-state index is -0.146. The average molecular weight is 409 g/mol. The average Bonchev–Trinajstić information content (AvgIpc) is 3.39. The quantitative estimate of drug-likeness (QED) is 0.649. The number of hydrogen-bond acceptors (Lipinski definition) is 4. The monoisotopic (exact) mass is 408 g/mol. The Morgan fingerprint density at radius 1 is 1.24 bits per heavy atom. The van der Waals surface area contributed by atoms with E-state index in [-0.39, 0.29) is 24.3 Å². The first-order valence-electron chi connectivity index (χ1n) is 9.87. The van der Waals surface area contributed by atoms with Gasteiger partial charge >= 0.3 is 0 Å². The van der Waals surface area contributed by atoms with Gasteiger partial charge in [0.15, 0.2) is 0 Å². The van der Waals surface area contributed by atoms with Gasteiger partial charge in [-0.25, -0.2) is 4.68 Å². The normalized spacial score (nSPS) is 15.6. The molecule has 7 heteroatoms. The van der Waals surface area contributed by atoms with Crippen molar-refractivity contribution in [1.29, 1.82) is 0 Å². The molecule has 6 nitrogen and oxygen atoms in total. The zero-order chi connectivity index (χ0) is 20.2. The number of carbonyl (C=O) groups is 2. The minimum absolute atomic E-state index is 0.127. The molecule has 1 aromatic carbocycles. The maximum atomic E-state index is 12.5. The van der Waals surface area contributed by atoms with Gasteiger partial charge in [-0.2, -0.15) is 5.10 Å². The number of aromatic nitrogens is 2. The molecule has 150 valence electrons. The minimum Gasteiger partial charge on any atom is -0.351 e. The van der Waals surface area contributed by atoms with E-state index in [2.05, 4.69) is 40.0 Å². The lowest BCUT2D eigenvalue weighted by Gasteiger charge is -2.27. The van der Waals surface area contributed by atoms with Crippen molar-refractivity contribution in [2.45, 2.75) is 38.6 Å². The number of anilines is 1. The molecule has 3 aromatic rings. The van der Waals surface area contributed by atoms with E-state index in [1.807, 2.05) is 23.1 Å². The summed E-state index contributed by atoms with van der Waals surface area (Å²) >= 11 is 1.38. The van der Waals surface area contributed by atoms with Crippen LogP contribution in [0.5, 0.6) is 0 Å². The summed E-state index contributed by atoms with van der Waals surface area (Å²) in [6.45, 7) is 2.24. The third kappa shape index (κ3) is 4.24. The highest BCUT2D eigenvalue weighted by atomic mass is 32.1. The van der Waals surface area contributed by atoms with Crippen LogP contribution in [0.3, 0.4) is 0 Å². The molecule has 2 heterocycles. The maximum absolute atomic E-state index is 12.5. The highest BCUT2D eigenvalue weighted by Crippen LogP contribution is 2.35. The van der Waals surface area contributed by atoms with E-state index >= 15 is 0 Å². The lowest BCUT2D eigenvalue weighted by molar-refractivity contribution is -0.116. The molecule has 1 unspecified atom stereocenters. The molecule has 29 heavy (non-hydrogen) atoms. The molecule has 0 radical (unpaired) electrons. The van der Waals surface area contributed by atoms with E-state index in [1.165, 1.54) is 22.5 Å². The van der Waals surface area contributed by atoms with Gasteiger partial charge in [-0.1, -0.05) is 30.3 Å². The van der Waals surface area contributed by atoms with Crippen LogP contribution < -0.4 is 10.6 Å². The number of aryl methyl sites for hydroxylation is 2. The summed E-state index contributed by atoms with van der Waals surface area (Å²) in [5, 5.41) is 12.2.